The molecule has 1 amide bonds. The lowest BCUT2D eigenvalue weighted by atomic mass is 10.1. The monoisotopic (exact) mass is 400 g/mol. The van der Waals surface area contributed by atoms with E-state index in [2.05, 4.69) is 10.3 Å². The van der Waals surface area contributed by atoms with Gasteiger partial charge in [0.05, 0.1) is 5.69 Å². The first kappa shape index (κ1) is 19.1. The number of amides is 1. The molecule has 0 radical (unpaired) electrons. The Morgan fingerprint density at radius 1 is 1.19 bits per heavy atom. The van der Waals surface area contributed by atoms with Crippen LogP contribution >= 0.6 is 22.9 Å². The Hall–Kier alpha value is -2.70. The molecule has 1 N–H and O–H groups in total. The minimum atomic E-state index is -0.984. The van der Waals surface area contributed by atoms with Crippen LogP contribution in [0.4, 0.5) is 5.69 Å². The van der Waals surface area contributed by atoms with Crippen LogP contribution in [0, 0.1) is 6.92 Å². The fourth-order valence-electron chi connectivity index (χ4n) is 2.41. The van der Waals surface area contributed by atoms with Gasteiger partial charge in [-0.15, -0.1) is 11.3 Å². The Balaban J connectivity index is 1.70. The van der Waals surface area contributed by atoms with E-state index in [4.69, 9.17) is 16.3 Å². The summed E-state index contributed by atoms with van der Waals surface area (Å²) in [5.41, 5.74) is 3.21. The van der Waals surface area contributed by atoms with Gasteiger partial charge in [0, 0.05) is 11.8 Å². The maximum Gasteiger partial charge on any atom is 0.349 e. The first-order valence-electron chi connectivity index (χ1n) is 8.22. The van der Waals surface area contributed by atoms with Gasteiger partial charge >= 0.3 is 5.97 Å². The van der Waals surface area contributed by atoms with Crippen molar-refractivity contribution in [2.45, 2.75) is 20.0 Å². The summed E-state index contributed by atoms with van der Waals surface area (Å²) in [6.45, 7) is 3.51. The van der Waals surface area contributed by atoms with Crippen LogP contribution in [-0.2, 0) is 9.53 Å². The number of rotatable bonds is 5. The van der Waals surface area contributed by atoms with Gasteiger partial charge in [-0.25, -0.2) is 9.78 Å². The standard InChI is InChI=1S/C20H17ClN2O3S/c1-12-5-7-14(8-6-12)15-9-11-27-17(15)20(25)26-13(2)19(24)23-16-4-3-10-22-18(16)21/h3-11,13H,1-2H3,(H,23,24)/t13-/m1/s1. The van der Waals surface area contributed by atoms with Crippen molar-refractivity contribution in [1.29, 1.82) is 0 Å². The highest BCUT2D eigenvalue weighted by atomic mass is 35.5. The molecule has 0 aliphatic rings. The van der Waals surface area contributed by atoms with Crippen molar-refractivity contribution in [3.8, 4) is 11.1 Å². The first-order chi connectivity index (χ1) is 13.0. The summed E-state index contributed by atoms with van der Waals surface area (Å²) in [6, 6.07) is 13.0. The number of thiophene rings is 1. The minimum absolute atomic E-state index is 0.171. The molecule has 0 bridgehead atoms. The van der Waals surface area contributed by atoms with Crippen LogP contribution in [0.15, 0.2) is 54.0 Å². The molecular weight excluding hydrogens is 384 g/mol. The van der Waals surface area contributed by atoms with Gasteiger partial charge in [0.1, 0.15) is 4.88 Å². The molecule has 5 nitrogen and oxygen atoms in total. The number of carbonyl (C=O) groups is 2. The summed E-state index contributed by atoms with van der Waals surface area (Å²) in [4.78, 5) is 29.2. The molecule has 0 saturated heterocycles. The van der Waals surface area contributed by atoms with Crippen LogP contribution in [0.2, 0.25) is 5.15 Å². The van der Waals surface area contributed by atoms with E-state index in [0.717, 1.165) is 16.7 Å². The largest absolute Gasteiger partial charge is 0.448 e. The van der Waals surface area contributed by atoms with Crippen LogP contribution in [-0.4, -0.2) is 23.0 Å². The number of halogens is 1. The van der Waals surface area contributed by atoms with Crippen LogP contribution in [0.3, 0.4) is 0 Å². The number of anilines is 1. The third-order valence-electron chi connectivity index (χ3n) is 3.88. The molecule has 27 heavy (non-hydrogen) atoms. The first-order valence-corrected chi connectivity index (χ1v) is 9.48. The topological polar surface area (TPSA) is 68.3 Å². The summed E-state index contributed by atoms with van der Waals surface area (Å²) in [6.07, 6.45) is 0.534. The molecule has 3 rings (SSSR count). The fraction of sp³-hybridized carbons (Fsp3) is 0.150. The number of ether oxygens (including phenoxy) is 1. The second-order valence-corrected chi connectivity index (χ2v) is 7.18. The molecule has 0 aliphatic heterocycles. The zero-order valence-electron chi connectivity index (χ0n) is 14.7. The third kappa shape index (κ3) is 4.53. The van der Waals surface area contributed by atoms with Gasteiger partial charge in [0.2, 0.25) is 0 Å². The van der Waals surface area contributed by atoms with E-state index in [1.165, 1.54) is 24.5 Å². The average Bonchev–Trinajstić information content (AvgIpc) is 3.14. The molecule has 7 heteroatoms. The normalized spacial score (nSPS) is 11.7. The average molecular weight is 401 g/mol. The molecular formula is C20H17ClN2O3S. The summed E-state index contributed by atoms with van der Waals surface area (Å²) >= 11 is 7.21. The van der Waals surface area contributed by atoms with Crippen molar-refractivity contribution >= 4 is 40.5 Å². The van der Waals surface area contributed by atoms with Gasteiger partial charge in [-0.05, 0) is 43.0 Å². The number of benzene rings is 1. The van der Waals surface area contributed by atoms with Crippen molar-refractivity contribution in [2.75, 3.05) is 5.32 Å². The minimum Gasteiger partial charge on any atom is -0.448 e. The number of nitrogens with zero attached hydrogens (tertiary/aromatic N) is 1. The van der Waals surface area contributed by atoms with Crippen LogP contribution in [0.25, 0.3) is 11.1 Å². The number of aryl methyl sites for hydroxylation is 1. The lowest BCUT2D eigenvalue weighted by molar-refractivity contribution is -0.123. The summed E-state index contributed by atoms with van der Waals surface area (Å²) < 4.78 is 5.35. The fourth-order valence-corrected chi connectivity index (χ4v) is 3.37. The summed E-state index contributed by atoms with van der Waals surface area (Å²) in [7, 11) is 0. The van der Waals surface area contributed by atoms with Crippen molar-refractivity contribution in [2.24, 2.45) is 0 Å². The summed E-state index contributed by atoms with van der Waals surface area (Å²) in [5.74, 6) is -1.02. The van der Waals surface area contributed by atoms with Gasteiger partial charge in [-0.2, -0.15) is 0 Å². The van der Waals surface area contributed by atoms with Crippen LogP contribution in [0.1, 0.15) is 22.2 Å². The zero-order chi connectivity index (χ0) is 19.4. The number of esters is 1. The van der Waals surface area contributed by atoms with Crippen LogP contribution in [0.5, 0.6) is 0 Å². The highest BCUT2D eigenvalue weighted by Crippen LogP contribution is 2.29. The Kier molecular flexibility index (Phi) is 5.88. The molecule has 0 saturated carbocycles. The Bertz CT molecular complexity index is 969. The van der Waals surface area contributed by atoms with E-state index in [0.29, 0.717) is 10.6 Å². The van der Waals surface area contributed by atoms with Crippen molar-refractivity contribution in [1.82, 2.24) is 4.98 Å². The van der Waals surface area contributed by atoms with E-state index in [-0.39, 0.29) is 5.15 Å². The number of hydrogen-bond donors (Lipinski definition) is 1. The van der Waals surface area contributed by atoms with Crippen molar-refractivity contribution < 1.29 is 14.3 Å². The molecule has 3 aromatic rings. The van der Waals surface area contributed by atoms with Gasteiger partial charge < -0.3 is 10.1 Å². The van der Waals surface area contributed by atoms with Gasteiger partial charge in [0.15, 0.2) is 11.3 Å². The van der Waals surface area contributed by atoms with Crippen molar-refractivity contribution in [3.05, 3.63) is 69.6 Å². The van der Waals surface area contributed by atoms with E-state index < -0.39 is 18.0 Å². The van der Waals surface area contributed by atoms with Gasteiger partial charge in [-0.3, -0.25) is 4.79 Å². The molecule has 0 unspecified atom stereocenters. The number of hydrogen-bond acceptors (Lipinski definition) is 5. The van der Waals surface area contributed by atoms with E-state index >= 15 is 0 Å². The van der Waals surface area contributed by atoms with Crippen molar-refractivity contribution in [3.63, 3.8) is 0 Å². The summed E-state index contributed by atoms with van der Waals surface area (Å²) in [5, 5.41) is 4.60. The molecule has 1 atom stereocenters. The molecule has 1 aromatic carbocycles. The number of nitrogens with one attached hydrogen (secondary N) is 1. The lowest BCUT2D eigenvalue weighted by Crippen LogP contribution is -2.30. The highest BCUT2D eigenvalue weighted by molar-refractivity contribution is 7.12. The SMILES string of the molecule is Cc1ccc(-c2ccsc2C(=O)O[C@H](C)C(=O)Nc2cccnc2Cl)cc1. The number of aromatic nitrogens is 1. The lowest BCUT2D eigenvalue weighted by Gasteiger charge is -2.14. The maximum atomic E-state index is 12.6. The molecule has 0 aliphatic carbocycles. The predicted molar refractivity (Wildman–Crippen MR) is 107 cm³/mol. The molecule has 0 spiro atoms. The Morgan fingerprint density at radius 2 is 1.93 bits per heavy atom. The molecule has 0 fully saturated rings. The number of carbonyl (C=O) groups excluding carboxylic acids is 2. The zero-order valence-corrected chi connectivity index (χ0v) is 16.3. The second kappa shape index (κ2) is 8.33. The molecule has 2 aromatic heterocycles. The Morgan fingerprint density at radius 3 is 2.63 bits per heavy atom. The van der Waals surface area contributed by atoms with Gasteiger partial charge in [0.25, 0.3) is 5.91 Å². The highest BCUT2D eigenvalue weighted by Gasteiger charge is 2.23. The van der Waals surface area contributed by atoms with E-state index in [1.54, 1.807) is 12.1 Å². The van der Waals surface area contributed by atoms with Gasteiger partial charge in [-0.1, -0.05) is 41.4 Å². The van der Waals surface area contributed by atoms with E-state index in [9.17, 15) is 9.59 Å². The Labute approximate surface area is 166 Å². The van der Waals surface area contributed by atoms with Crippen LogP contribution < -0.4 is 5.32 Å². The number of pyridine rings is 1. The predicted octanol–water partition coefficient (Wildman–Crippen LogP) is 4.96. The molecule has 2 heterocycles. The smallest absolute Gasteiger partial charge is 0.349 e. The molecule has 138 valence electrons. The second-order valence-electron chi connectivity index (χ2n) is 5.91. The van der Waals surface area contributed by atoms with E-state index in [1.807, 2.05) is 42.6 Å². The maximum absolute atomic E-state index is 12.6. The third-order valence-corrected chi connectivity index (χ3v) is 5.08. The quantitative estimate of drug-likeness (QED) is 0.485.